The highest BCUT2D eigenvalue weighted by atomic mass is 16.1. The number of anilines is 2. The Morgan fingerprint density at radius 1 is 1.11 bits per heavy atom. The first kappa shape index (κ1) is 13.1. The van der Waals surface area contributed by atoms with Gasteiger partial charge in [0.25, 0.3) is 5.91 Å². The molecule has 0 aliphatic heterocycles. The molecule has 2 rings (SSSR count). The molecule has 4 nitrogen and oxygen atoms in total. The van der Waals surface area contributed by atoms with E-state index in [2.05, 4.69) is 5.32 Å². The summed E-state index contributed by atoms with van der Waals surface area (Å²) in [5.41, 5.74) is 14.2. The lowest BCUT2D eigenvalue weighted by molar-refractivity contribution is 0.102. The van der Waals surface area contributed by atoms with Crippen molar-refractivity contribution in [1.29, 1.82) is 0 Å². The Hall–Kier alpha value is -2.33. The van der Waals surface area contributed by atoms with Crippen LogP contribution in [0.15, 0.2) is 48.5 Å². The van der Waals surface area contributed by atoms with Crippen molar-refractivity contribution in [2.24, 2.45) is 5.73 Å². The fraction of sp³-hybridized carbons (Fsp3) is 0.133. The van der Waals surface area contributed by atoms with Gasteiger partial charge in [0, 0.05) is 16.9 Å². The number of hydrogen-bond acceptors (Lipinski definition) is 3. The second-order valence-corrected chi connectivity index (χ2v) is 4.32. The van der Waals surface area contributed by atoms with Crippen molar-refractivity contribution in [1.82, 2.24) is 0 Å². The van der Waals surface area contributed by atoms with Crippen LogP contribution in [-0.2, 0) is 6.42 Å². The molecule has 1 amide bonds. The summed E-state index contributed by atoms with van der Waals surface area (Å²) in [6.45, 7) is 0.620. The van der Waals surface area contributed by atoms with Gasteiger partial charge in [-0.3, -0.25) is 4.79 Å². The minimum atomic E-state index is -0.168. The molecule has 98 valence electrons. The zero-order valence-corrected chi connectivity index (χ0v) is 10.6. The molecule has 4 heteroatoms. The van der Waals surface area contributed by atoms with E-state index in [4.69, 9.17) is 11.5 Å². The third-order valence-electron chi connectivity index (χ3n) is 2.79. The highest BCUT2D eigenvalue weighted by Gasteiger charge is 2.05. The van der Waals surface area contributed by atoms with Crippen molar-refractivity contribution >= 4 is 17.3 Å². The van der Waals surface area contributed by atoms with Crippen molar-refractivity contribution in [3.63, 3.8) is 0 Å². The molecule has 0 spiro atoms. The third kappa shape index (κ3) is 3.56. The summed E-state index contributed by atoms with van der Waals surface area (Å²) >= 11 is 0. The molecule has 0 bridgehead atoms. The minimum Gasteiger partial charge on any atom is -0.399 e. The second-order valence-electron chi connectivity index (χ2n) is 4.32. The smallest absolute Gasteiger partial charge is 0.255 e. The van der Waals surface area contributed by atoms with E-state index in [1.165, 1.54) is 0 Å². The molecule has 2 aromatic carbocycles. The molecular formula is C15H17N3O. The van der Waals surface area contributed by atoms with Gasteiger partial charge in [0.1, 0.15) is 0 Å². The maximum atomic E-state index is 12.0. The van der Waals surface area contributed by atoms with Gasteiger partial charge in [-0.05, 0) is 48.9 Å². The van der Waals surface area contributed by atoms with Crippen molar-refractivity contribution in [2.45, 2.75) is 6.42 Å². The molecule has 0 unspecified atom stereocenters. The maximum Gasteiger partial charge on any atom is 0.255 e. The maximum absolute atomic E-state index is 12.0. The van der Waals surface area contributed by atoms with Crippen LogP contribution >= 0.6 is 0 Å². The molecule has 0 atom stereocenters. The van der Waals surface area contributed by atoms with E-state index in [0.29, 0.717) is 17.8 Å². The van der Waals surface area contributed by atoms with E-state index in [1.807, 2.05) is 24.3 Å². The summed E-state index contributed by atoms with van der Waals surface area (Å²) < 4.78 is 0. The molecule has 0 aromatic heterocycles. The van der Waals surface area contributed by atoms with Gasteiger partial charge in [-0.1, -0.05) is 18.2 Å². The first-order valence-corrected chi connectivity index (χ1v) is 6.15. The first-order valence-electron chi connectivity index (χ1n) is 6.15. The summed E-state index contributed by atoms with van der Waals surface area (Å²) in [5, 5.41) is 2.83. The van der Waals surface area contributed by atoms with Gasteiger partial charge in [0.05, 0.1) is 0 Å². The van der Waals surface area contributed by atoms with Gasteiger partial charge in [0.2, 0.25) is 0 Å². The lowest BCUT2D eigenvalue weighted by atomic mass is 10.1. The van der Waals surface area contributed by atoms with E-state index in [9.17, 15) is 4.79 Å². The van der Waals surface area contributed by atoms with Crippen LogP contribution in [0.1, 0.15) is 15.9 Å². The quantitative estimate of drug-likeness (QED) is 0.731. The van der Waals surface area contributed by atoms with Crippen LogP contribution in [0.2, 0.25) is 0 Å². The number of nitrogens with one attached hydrogen (secondary N) is 1. The van der Waals surface area contributed by atoms with Gasteiger partial charge >= 0.3 is 0 Å². The van der Waals surface area contributed by atoms with E-state index < -0.39 is 0 Å². The fourth-order valence-electron chi connectivity index (χ4n) is 1.80. The predicted molar refractivity (Wildman–Crippen MR) is 78.0 cm³/mol. The normalized spacial score (nSPS) is 10.2. The summed E-state index contributed by atoms with van der Waals surface area (Å²) in [7, 11) is 0. The van der Waals surface area contributed by atoms with Crippen LogP contribution in [0.4, 0.5) is 11.4 Å². The topological polar surface area (TPSA) is 81.1 Å². The number of hydrogen-bond donors (Lipinski definition) is 3. The summed E-state index contributed by atoms with van der Waals surface area (Å²) in [4.78, 5) is 12.0. The lowest BCUT2D eigenvalue weighted by Crippen LogP contribution is -2.12. The number of nitrogen functional groups attached to an aromatic ring is 1. The van der Waals surface area contributed by atoms with Crippen LogP contribution in [0.5, 0.6) is 0 Å². The van der Waals surface area contributed by atoms with Crippen molar-refractivity contribution < 1.29 is 4.79 Å². The lowest BCUT2D eigenvalue weighted by Gasteiger charge is -2.07. The van der Waals surface area contributed by atoms with Gasteiger partial charge in [-0.25, -0.2) is 0 Å². The van der Waals surface area contributed by atoms with E-state index in [-0.39, 0.29) is 5.91 Å². The van der Waals surface area contributed by atoms with Gasteiger partial charge < -0.3 is 16.8 Å². The molecule has 0 radical (unpaired) electrons. The molecule has 0 fully saturated rings. The highest BCUT2D eigenvalue weighted by Crippen LogP contribution is 2.13. The van der Waals surface area contributed by atoms with Crippen LogP contribution in [-0.4, -0.2) is 12.5 Å². The Morgan fingerprint density at radius 2 is 1.84 bits per heavy atom. The van der Waals surface area contributed by atoms with Crippen molar-refractivity contribution in [3.05, 3.63) is 59.7 Å². The molecule has 5 N–H and O–H groups in total. The summed E-state index contributed by atoms with van der Waals surface area (Å²) in [6.07, 6.45) is 0.837. The molecule has 0 aliphatic rings. The average Bonchev–Trinajstić information content (AvgIpc) is 2.41. The van der Waals surface area contributed by atoms with Gasteiger partial charge in [-0.2, -0.15) is 0 Å². The van der Waals surface area contributed by atoms with Crippen molar-refractivity contribution in [2.75, 3.05) is 17.6 Å². The van der Waals surface area contributed by atoms with E-state index >= 15 is 0 Å². The first-order chi connectivity index (χ1) is 9.19. The summed E-state index contributed by atoms with van der Waals surface area (Å²) in [5.74, 6) is -0.168. The summed E-state index contributed by atoms with van der Waals surface area (Å²) in [6, 6.07) is 14.5. The Labute approximate surface area is 112 Å². The number of carbonyl (C=O) groups excluding carboxylic acids is 1. The van der Waals surface area contributed by atoms with Crippen LogP contribution in [0.25, 0.3) is 0 Å². The Morgan fingerprint density at radius 3 is 2.47 bits per heavy atom. The number of rotatable bonds is 4. The largest absolute Gasteiger partial charge is 0.399 e. The number of carbonyl (C=O) groups is 1. The Balaban J connectivity index is 2.06. The van der Waals surface area contributed by atoms with Crippen LogP contribution < -0.4 is 16.8 Å². The monoisotopic (exact) mass is 255 g/mol. The van der Waals surface area contributed by atoms with Gasteiger partial charge in [-0.15, -0.1) is 0 Å². The van der Waals surface area contributed by atoms with Crippen molar-refractivity contribution in [3.8, 4) is 0 Å². The molecule has 0 aliphatic carbocycles. The van der Waals surface area contributed by atoms with Gasteiger partial charge in [0.15, 0.2) is 0 Å². The van der Waals surface area contributed by atoms with E-state index in [0.717, 1.165) is 17.7 Å². The standard InChI is InChI=1S/C15H17N3O/c16-9-8-11-4-6-14(7-5-11)18-15(19)12-2-1-3-13(17)10-12/h1-7,10H,8-9,16-17H2,(H,18,19). The predicted octanol–water partition coefficient (Wildman–Crippen LogP) is 2.02. The molecule has 19 heavy (non-hydrogen) atoms. The third-order valence-corrected chi connectivity index (χ3v) is 2.79. The average molecular weight is 255 g/mol. The second kappa shape index (κ2) is 6.02. The zero-order valence-electron chi connectivity index (χ0n) is 10.6. The Bertz CT molecular complexity index is 564. The minimum absolute atomic E-state index is 0.168. The number of benzene rings is 2. The molecular weight excluding hydrogens is 238 g/mol. The highest BCUT2D eigenvalue weighted by molar-refractivity contribution is 6.04. The molecule has 0 saturated heterocycles. The molecule has 0 heterocycles. The van der Waals surface area contributed by atoms with E-state index in [1.54, 1.807) is 24.3 Å². The number of amides is 1. The number of nitrogens with two attached hydrogens (primary N) is 2. The molecule has 2 aromatic rings. The fourth-order valence-corrected chi connectivity index (χ4v) is 1.80. The van der Waals surface area contributed by atoms with Crippen LogP contribution in [0.3, 0.4) is 0 Å². The SMILES string of the molecule is NCCc1ccc(NC(=O)c2cccc(N)c2)cc1. The zero-order chi connectivity index (χ0) is 13.7. The molecule has 0 saturated carbocycles. The van der Waals surface area contributed by atoms with Crippen LogP contribution in [0, 0.1) is 0 Å². The Kier molecular flexibility index (Phi) is 4.15.